The molecule has 1 aromatic rings. The third-order valence-electron chi connectivity index (χ3n) is 4.30. The highest BCUT2D eigenvalue weighted by molar-refractivity contribution is 5.42. The lowest BCUT2D eigenvalue weighted by Crippen LogP contribution is -2.50. The van der Waals surface area contributed by atoms with Crippen LogP contribution in [0.4, 0.5) is 0 Å². The third-order valence-corrected chi connectivity index (χ3v) is 4.30. The Bertz CT molecular complexity index is 377. The number of methoxy groups -OCH3 is 1. The van der Waals surface area contributed by atoms with Crippen LogP contribution in [0, 0.1) is 5.92 Å². The third kappa shape index (κ3) is 2.06. The highest BCUT2D eigenvalue weighted by atomic mass is 16.5. The maximum atomic E-state index is 5.53. The summed E-state index contributed by atoms with van der Waals surface area (Å²) in [5.74, 6) is 1.77. The van der Waals surface area contributed by atoms with Gasteiger partial charge in [-0.3, -0.25) is 0 Å². The summed E-state index contributed by atoms with van der Waals surface area (Å²) in [6, 6.07) is 8.48. The van der Waals surface area contributed by atoms with Gasteiger partial charge in [0.2, 0.25) is 0 Å². The first-order valence-corrected chi connectivity index (χ1v) is 6.59. The number of ether oxygens (including phenoxy) is 1. The molecule has 0 spiro atoms. The maximum Gasteiger partial charge on any atom is 0.122 e. The van der Waals surface area contributed by atoms with Crippen molar-refractivity contribution >= 4 is 0 Å². The molecule has 17 heavy (non-hydrogen) atoms. The summed E-state index contributed by atoms with van der Waals surface area (Å²) in [7, 11) is 1.77. The lowest BCUT2D eigenvalue weighted by molar-refractivity contribution is 0.131. The number of hydrogen-bond acceptors (Lipinski definition) is 2. The molecule has 2 unspecified atom stereocenters. The highest BCUT2D eigenvalue weighted by Crippen LogP contribution is 2.50. The normalized spacial score (nSPS) is 27.6. The molecule has 1 aliphatic rings. The van der Waals surface area contributed by atoms with Crippen molar-refractivity contribution in [3.8, 4) is 5.75 Å². The summed E-state index contributed by atoms with van der Waals surface area (Å²) < 4.78 is 5.53. The zero-order chi connectivity index (χ0) is 12.3. The van der Waals surface area contributed by atoms with Crippen molar-refractivity contribution in [3.63, 3.8) is 0 Å². The molecule has 1 aliphatic carbocycles. The smallest absolute Gasteiger partial charge is 0.122 e. The number of hydrogen-bond donors (Lipinski definition) is 1. The zero-order valence-electron chi connectivity index (χ0n) is 11.1. The van der Waals surface area contributed by atoms with Gasteiger partial charge in [-0.15, -0.1) is 0 Å². The van der Waals surface area contributed by atoms with Gasteiger partial charge in [0.15, 0.2) is 0 Å². The van der Waals surface area contributed by atoms with Crippen molar-refractivity contribution in [2.75, 3.05) is 20.2 Å². The molecule has 0 bridgehead atoms. The zero-order valence-corrected chi connectivity index (χ0v) is 11.1. The first-order chi connectivity index (χ1) is 8.24. The van der Waals surface area contributed by atoms with Gasteiger partial charge in [-0.25, -0.2) is 0 Å². The second kappa shape index (κ2) is 5.09. The summed E-state index contributed by atoms with van der Waals surface area (Å²) in [5.41, 5.74) is 1.66. The SMILES string of the molecule is CCNCC1(c2ccccc2OC)CCC1C. The fourth-order valence-corrected chi connectivity index (χ4v) is 2.94. The predicted octanol–water partition coefficient (Wildman–Crippen LogP) is 2.97. The fraction of sp³-hybridized carbons (Fsp3) is 0.600. The predicted molar refractivity (Wildman–Crippen MR) is 71.6 cm³/mol. The maximum absolute atomic E-state index is 5.53. The molecule has 1 fully saturated rings. The standard InChI is InChI=1S/C15H23NO/c1-4-16-11-15(10-9-12(15)2)13-7-5-6-8-14(13)17-3/h5-8,12,16H,4,9-11H2,1-3H3. The van der Waals surface area contributed by atoms with Gasteiger partial charge in [-0.1, -0.05) is 32.0 Å². The van der Waals surface area contributed by atoms with Crippen LogP contribution in [-0.2, 0) is 5.41 Å². The van der Waals surface area contributed by atoms with Crippen molar-refractivity contribution in [2.45, 2.75) is 32.1 Å². The molecule has 0 amide bonds. The lowest BCUT2D eigenvalue weighted by atomic mass is 9.57. The summed E-state index contributed by atoms with van der Waals surface area (Å²) in [5, 5.41) is 3.52. The van der Waals surface area contributed by atoms with Gasteiger partial charge in [-0.2, -0.15) is 0 Å². The Labute approximate surface area is 104 Å². The Hall–Kier alpha value is -1.02. The number of para-hydroxylation sites is 1. The monoisotopic (exact) mass is 233 g/mol. The molecule has 94 valence electrons. The fourth-order valence-electron chi connectivity index (χ4n) is 2.94. The minimum atomic E-state index is 0.280. The van der Waals surface area contributed by atoms with E-state index in [-0.39, 0.29) is 5.41 Å². The Morgan fingerprint density at radius 2 is 2.18 bits per heavy atom. The summed E-state index contributed by atoms with van der Waals surface area (Å²) in [4.78, 5) is 0. The minimum absolute atomic E-state index is 0.280. The van der Waals surface area contributed by atoms with Crippen molar-refractivity contribution in [2.24, 2.45) is 5.92 Å². The quantitative estimate of drug-likeness (QED) is 0.844. The molecule has 0 radical (unpaired) electrons. The molecular formula is C15H23NO. The van der Waals surface area contributed by atoms with Crippen molar-refractivity contribution < 1.29 is 4.74 Å². The van der Waals surface area contributed by atoms with Gasteiger partial charge in [0.1, 0.15) is 5.75 Å². The van der Waals surface area contributed by atoms with Gasteiger partial charge in [0.25, 0.3) is 0 Å². The van der Waals surface area contributed by atoms with Crippen LogP contribution in [0.25, 0.3) is 0 Å². The van der Waals surface area contributed by atoms with Gasteiger partial charge in [0, 0.05) is 17.5 Å². The molecule has 0 saturated heterocycles. The average molecular weight is 233 g/mol. The van der Waals surface area contributed by atoms with Gasteiger partial charge in [0.05, 0.1) is 7.11 Å². The van der Waals surface area contributed by atoms with Crippen LogP contribution in [0.3, 0.4) is 0 Å². The Balaban J connectivity index is 2.32. The number of benzene rings is 1. The molecule has 2 nitrogen and oxygen atoms in total. The summed E-state index contributed by atoms with van der Waals surface area (Å²) in [6.45, 7) is 6.61. The molecular weight excluding hydrogens is 210 g/mol. The second-order valence-corrected chi connectivity index (χ2v) is 5.08. The van der Waals surface area contributed by atoms with E-state index in [9.17, 15) is 0 Å². The summed E-state index contributed by atoms with van der Waals surface area (Å²) in [6.07, 6.45) is 2.59. The van der Waals surface area contributed by atoms with Gasteiger partial charge < -0.3 is 10.1 Å². The number of nitrogens with one attached hydrogen (secondary N) is 1. The van der Waals surface area contributed by atoms with Gasteiger partial charge >= 0.3 is 0 Å². The molecule has 1 N–H and O–H groups in total. The molecule has 0 heterocycles. The summed E-state index contributed by atoms with van der Waals surface area (Å²) >= 11 is 0. The van der Waals surface area contributed by atoms with E-state index in [1.54, 1.807) is 7.11 Å². The molecule has 2 heteroatoms. The van der Waals surface area contributed by atoms with Crippen LogP contribution in [0.5, 0.6) is 5.75 Å². The molecule has 0 aliphatic heterocycles. The van der Waals surface area contributed by atoms with Crippen molar-refractivity contribution in [3.05, 3.63) is 29.8 Å². The van der Waals surface area contributed by atoms with Crippen LogP contribution in [-0.4, -0.2) is 20.2 Å². The Morgan fingerprint density at radius 1 is 1.41 bits per heavy atom. The molecule has 2 atom stereocenters. The minimum Gasteiger partial charge on any atom is -0.496 e. The molecule has 1 aromatic carbocycles. The Kier molecular flexibility index (Phi) is 3.72. The molecule has 0 aromatic heterocycles. The molecule has 2 rings (SSSR count). The van der Waals surface area contributed by atoms with E-state index >= 15 is 0 Å². The van der Waals surface area contributed by atoms with Crippen LogP contribution in [0.15, 0.2) is 24.3 Å². The van der Waals surface area contributed by atoms with Crippen LogP contribution >= 0.6 is 0 Å². The van der Waals surface area contributed by atoms with Crippen LogP contribution in [0.2, 0.25) is 0 Å². The van der Waals surface area contributed by atoms with E-state index in [0.29, 0.717) is 0 Å². The van der Waals surface area contributed by atoms with E-state index in [4.69, 9.17) is 4.74 Å². The lowest BCUT2D eigenvalue weighted by Gasteiger charge is -2.49. The molecule has 1 saturated carbocycles. The topological polar surface area (TPSA) is 21.3 Å². The van der Waals surface area contributed by atoms with Crippen LogP contribution in [0.1, 0.15) is 32.3 Å². The van der Waals surface area contributed by atoms with E-state index in [2.05, 4.69) is 37.4 Å². The van der Waals surface area contributed by atoms with Gasteiger partial charge in [-0.05, 0) is 31.4 Å². The largest absolute Gasteiger partial charge is 0.496 e. The number of rotatable bonds is 5. The van der Waals surface area contributed by atoms with E-state index < -0.39 is 0 Å². The highest BCUT2D eigenvalue weighted by Gasteiger charge is 2.46. The second-order valence-electron chi connectivity index (χ2n) is 5.08. The average Bonchev–Trinajstić information content (AvgIpc) is 2.38. The van der Waals surface area contributed by atoms with E-state index in [1.807, 2.05) is 6.07 Å². The first kappa shape index (κ1) is 12.4. The Morgan fingerprint density at radius 3 is 2.71 bits per heavy atom. The number of likely N-dealkylation sites (N-methyl/N-ethyl adjacent to an activating group) is 1. The van der Waals surface area contributed by atoms with Crippen LogP contribution < -0.4 is 10.1 Å². The van der Waals surface area contributed by atoms with Crippen molar-refractivity contribution in [1.29, 1.82) is 0 Å². The van der Waals surface area contributed by atoms with Crippen molar-refractivity contribution in [1.82, 2.24) is 5.32 Å². The van der Waals surface area contributed by atoms with E-state index in [0.717, 1.165) is 24.8 Å². The first-order valence-electron chi connectivity index (χ1n) is 6.59. The van der Waals surface area contributed by atoms with E-state index in [1.165, 1.54) is 18.4 Å².